The highest BCUT2D eigenvalue weighted by Crippen LogP contribution is 2.34. The molecule has 0 aromatic carbocycles. The lowest BCUT2D eigenvalue weighted by atomic mass is 9.96. The number of hydrogen-bond acceptors (Lipinski definition) is 18. The number of carbonyl (C=O) groups is 1. The number of rotatable bonds is 75. The van der Waals surface area contributed by atoms with E-state index in [0.29, 0.717) is 12.8 Å². The van der Waals surface area contributed by atoms with Crippen molar-refractivity contribution >= 4 is 5.91 Å². The monoisotopic (exact) mass is 1610 g/mol. The summed E-state index contributed by atoms with van der Waals surface area (Å²) in [6.07, 6.45) is 75.7. The maximum atomic E-state index is 13.5. The predicted molar refractivity (Wildman–Crippen MR) is 461 cm³/mol. The van der Waals surface area contributed by atoms with Crippen LogP contribution < -0.4 is 5.32 Å². The largest absolute Gasteiger partial charge is 0.394 e. The van der Waals surface area contributed by atoms with Crippen molar-refractivity contribution in [2.45, 2.75) is 471 Å². The van der Waals surface area contributed by atoms with Crippen LogP contribution in [0.3, 0.4) is 0 Å². The third-order valence-electron chi connectivity index (χ3n) is 22.6. The number of amides is 1. The van der Waals surface area contributed by atoms with Crippen LogP contribution in [0.15, 0.2) is 97.2 Å². The van der Waals surface area contributed by atoms with Crippen LogP contribution in [0.2, 0.25) is 0 Å². The smallest absolute Gasteiger partial charge is 0.220 e. The molecule has 0 aromatic rings. The molecule has 0 saturated carbocycles. The highest BCUT2D eigenvalue weighted by Gasteiger charge is 2.54. The molecule has 114 heavy (non-hydrogen) atoms. The van der Waals surface area contributed by atoms with E-state index < -0.39 is 124 Å². The van der Waals surface area contributed by atoms with Gasteiger partial charge in [-0.05, 0) is 89.9 Å². The zero-order valence-electron chi connectivity index (χ0n) is 71.5. The molecule has 19 nitrogen and oxygen atoms in total. The molecule has 3 saturated heterocycles. The quantitative estimate of drug-likeness (QED) is 0.0199. The summed E-state index contributed by atoms with van der Waals surface area (Å²) in [4.78, 5) is 13.5. The van der Waals surface area contributed by atoms with Crippen LogP contribution in [0.1, 0.15) is 367 Å². The predicted octanol–water partition coefficient (Wildman–Crippen LogP) is 18.2. The summed E-state index contributed by atoms with van der Waals surface area (Å²) >= 11 is 0. The second kappa shape index (κ2) is 73.6. The minimum absolute atomic E-state index is 0.231. The molecule has 3 heterocycles. The van der Waals surface area contributed by atoms with Crippen molar-refractivity contribution in [2.24, 2.45) is 0 Å². The van der Waals surface area contributed by atoms with Gasteiger partial charge in [-0.3, -0.25) is 4.79 Å². The molecule has 0 radical (unpaired) electrons. The van der Waals surface area contributed by atoms with Gasteiger partial charge in [0.05, 0.1) is 38.6 Å². The van der Waals surface area contributed by atoms with Gasteiger partial charge >= 0.3 is 0 Å². The molecule has 17 unspecified atom stereocenters. The van der Waals surface area contributed by atoms with Gasteiger partial charge in [-0.1, -0.05) is 368 Å². The van der Waals surface area contributed by atoms with Gasteiger partial charge in [-0.15, -0.1) is 0 Å². The third kappa shape index (κ3) is 51.4. The van der Waals surface area contributed by atoms with E-state index in [1.54, 1.807) is 6.08 Å². The molecule has 3 rings (SSSR count). The van der Waals surface area contributed by atoms with E-state index in [-0.39, 0.29) is 18.9 Å². The fourth-order valence-electron chi connectivity index (χ4n) is 15.3. The van der Waals surface area contributed by atoms with Crippen LogP contribution in [0.5, 0.6) is 0 Å². The number of unbranched alkanes of at least 4 members (excludes halogenated alkanes) is 45. The van der Waals surface area contributed by atoms with Crippen molar-refractivity contribution in [2.75, 3.05) is 26.4 Å². The lowest BCUT2D eigenvalue weighted by Gasteiger charge is -2.48. The maximum absolute atomic E-state index is 13.5. The maximum Gasteiger partial charge on any atom is 0.220 e. The Labute approximate surface area is 692 Å². The normalized spacial score (nSPS) is 25.1. The average Bonchev–Trinajstić information content (AvgIpc) is 0.777. The Morgan fingerprint density at radius 2 is 0.614 bits per heavy atom. The number of allylic oxidation sites excluding steroid dienone is 15. The van der Waals surface area contributed by atoms with Gasteiger partial charge in [-0.2, -0.15) is 0 Å². The fraction of sp³-hybridized carbons (Fsp3) is 0.821. The molecule has 19 heteroatoms. The molecule has 1 amide bonds. The molecule has 17 atom stereocenters. The van der Waals surface area contributed by atoms with Crippen molar-refractivity contribution in [3.05, 3.63) is 97.2 Å². The number of nitrogens with one attached hydrogen (secondary N) is 1. The van der Waals surface area contributed by atoms with Gasteiger partial charge in [0.1, 0.15) is 73.2 Å². The van der Waals surface area contributed by atoms with Crippen LogP contribution in [-0.4, -0.2) is 193 Å². The number of aliphatic hydroxyl groups excluding tert-OH is 11. The van der Waals surface area contributed by atoms with Crippen molar-refractivity contribution in [3.63, 3.8) is 0 Å². The molecule has 0 aliphatic carbocycles. The topological polar surface area (TPSA) is 307 Å². The number of hydrogen-bond donors (Lipinski definition) is 12. The molecule has 0 spiro atoms. The minimum Gasteiger partial charge on any atom is -0.394 e. The van der Waals surface area contributed by atoms with Crippen molar-refractivity contribution in [1.29, 1.82) is 0 Å². The van der Waals surface area contributed by atoms with E-state index >= 15 is 0 Å². The summed E-state index contributed by atoms with van der Waals surface area (Å²) < 4.78 is 34.5. The summed E-state index contributed by atoms with van der Waals surface area (Å²) in [6.45, 7) is 1.65. The number of aliphatic hydroxyl groups is 11. The van der Waals surface area contributed by atoms with Crippen LogP contribution in [-0.2, 0) is 33.2 Å². The molecule has 0 bridgehead atoms. The second-order valence-electron chi connectivity index (χ2n) is 32.7. The van der Waals surface area contributed by atoms with E-state index in [1.807, 2.05) is 6.08 Å². The Balaban J connectivity index is 1.33. The van der Waals surface area contributed by atoms with Gasteiger partial charge in [0.2, 0.25) is 5.91 Å². The first-order valence-electron chi connectivity index (χ1n) is 46.5. The summed E-state index contributed by atoms with van der Waals surface area (Å²) in [6, 6.07) is -1.00. The van der Waals surface area contributed by atoms with Crippen molar-refractivity contribution in [1.82, 2.24) is 5.32 Å². The first-order chi connectivity index (χ1) is 55.8. The minimum atomic E-state index is -1.99. The van der Waals surface area contributed by atoms with Crippen LogP contribution in [0, 0.1) is 0 Å². The van der Waals surface area contributed by atoms with Gasteiger partial charge < -0.3 is 89.9 Å². The van der Waals surface area contributed by atoms with Crippen molar-refractivity contribution in [3.8, 4) is 0 Å². The Morgan fingerprint density at radius 1 is 0.325 bits per heavy atom. The van der Waals surface area contributed by atoms with Crippen LogP contribution >= 0.6 is 0 Å². The highest BCUT2D eigenvalue weighted by atomic mass is 16.8. The third-order valence-corrected chi connectivity index (χ3v) is 22.6. The zero-order chi connectivity index (χ0) is 82.4. The second-order valence-corrected chi connectivity index (χ2v) is 32.7. The van der Waals surface area contributed by atoms with E-state index in [1.165, 1.54) is 257 Å². The first-order valence-corrected chi connectivity index (χ1v) is 46.5. The lowest BCUT2D eigenvalue weighted by Crippen LogP contribution is -2.66. The van der Waals surface area contributed by atoms with Gasteiger partial charge in [-0.25, -0.2) is 0 Å². The molecule has 3 aliphatic heterocycles. The van der Waals surface area contributed by atoms with Crippen LogP contribution in [0.25, 0.3) is 0 Å². The summed E-state index contributed by atoms with van der Waals surface area (Å²) in [7, 11) is 0. The standard InChI is InChI=1S/C95H169NO18/c1-3-5-7-9-11-13-15-17-19-21-23-25-27-29-31-33-35-37-38-39-40-41-43-45-47-49-51-53-55-57-59-61-63-65-67-69-71-73-83(101)96-78(79(100)72-70-68-66-64-62-60-58-56-54-52-50-48-46-44-42-36-34-32-30-28-26-24-22-20-18-16-14-12-10-8-6-4-2)77-109-93-89(107)86(104)91(81(75-98)111-93)114-95-90(108)87(105)92(82(76-99)112-95)113-94-88(106)85(103)84(102)80(74-97)110-94/h5,7,11,13,17,19,23,25,29,31,54,56,62,64,70,72,78-82,84-95,97-100,102-108H,3-4,6,8-10,12,14-16,18,20-22,24,26-28,30,32-53,55,57-61,63,65-69,71,73-77H2,1-2H3,(H,96,101)/b7-5-,13-11-,19-17-,25-23-,31-29-,56-54+,64-62+,72-70+. The molecule has 12 N–H and O–H groups in total. The fourth-order valence-corrected chi connectivity index (χ4v) is 15.3. The Morgan fingerprint density at radius 3 is 0.982 bits per heavy atom. The molecule has 3 fully saturated rings. The van der Waals surface area contributed by atoms with E-state index in [9.17, 15) is 61.0 Å². The average molecular weight is 1610 g/mol. The molecule has 3 aliphatic rings. The molecular formula is C95H169NO18. The van der Waals surface area contributed by atoms with Gasteiger partial charge in [0, 0.05) is 6.42 Å². The van der Waals surface area contributed by atoms with E-state index in [0.717, 1.165) is 77.0 Å². The molecular weight excluding hydrogens is 1440 g/mol. The van der Waals surface area contributed by atoms with E-state index in [4.69, 9.17) is 28.4 Å². The molecule has 0 aromatic heterocycles. The van der Waals surface area contributed by atoms with Gasteiger partial charge in [0.25, 0.3) is 0 Å². The Kier molecular flexibility index (Phi) is 67.7. The highest BCUT2D eigenvalue weighted by molar-refractivity contribution is 5.76. The summed E-state index contributed by atoms with van der Waals surface area (Å²) in [5, 5.41) is 121. The number of ether oxygens (including phenoxy) is 6. The molecule has 662 valence electrons. The Bertz CT molecular complexity index is 2430. The first kappa shape index (κ1) is 105. The van der Waals surface area contributed by atoms with Gasteiger partial charge in [0.15, 0.2) is 18.9 Å². The lowest BCUT2D eigenvalue weighted by molar-refractivity contribution is -0.379. The summed E-state index contributed by atoms with van der Waals surface area (Å²) in [5.41, 5.74) is 0. The zero-order valence-corrected chi connectivity index (χ0v) is 71.5. The number of carbonyl (C=O) groups excluding carboxylic acids is 1. The van der Waals surface area contributed by atoms with E-state index in [2.05, 4.69) is 104 Å². The van der Waals surface area contributed by atoms with Crippen LogP contribution in [0.4, 0.5) is 0 Å². The van der Waals surface area contributed by atoms with Crippen molar-refractivity contribution < 1.29 is 89.4 Å². The SMILES string of the molecule is CC/C=C\C/C=C\C/C=C\C/C=C\C/C=C\CCCCCCCCCCCCCCCCCCCCCCCC(=O)NC(COC1OC(CO)C(OC2OC(CO)C(OC3OC(CO)C(O)C(O)C3O)C(O)C2O)C(O)C1O)C(O)/C=C/CC/C=C/CC/C=C/CCCCCCCCCCCCCCCCCCCCCCCC. The Hall–Kier alpha value is -3.29. The summed E-state index contributed by atoms with van der Waals surface area (Å²) in [5.74, 6) is -0.285.